The van der Waals surface area contributed by atoms with Crippen LogP contribution in [0.25, 0.3) is 0 Å². The number of hydrogen-bond acceptors (Lipinski definition) is 3. The normalized spacial score (nSPS) is 15.3. The predicted octanol–water partition coefficient (Wildman–Crippen LogP) is 4.46. The fourth-order valence-corrected chi connectivity index (χ4v) is 3.92. The SMILES string of the molecule is C#CC1(NCC(=O)N(C)c2ccc(Cl)cc2C(=O)c2ccccc2)CCCCC1. The Hall–Kier alpha value is -2.61. The van der Waals surface area contributed by atoms with Crippen LogP contribution in [0.15, 0.2) is 48.5 Å². The molecule has 1 fully saturated rings. The summed E-state index contributed by atoms with van der Waals surface area (Å²) in [6.45, 7) is 0.113. The second kappa shape index (κ2) is 9.26. The third-order valence-electron chi connectivity index (χ3n) is 5.54. The summed E-state index contributed by atoms with van der Waals surface area (Å²) in [7, 11) is 1.67. The highest BCUT2D eigenvalue weighted by molar-refractivity contribution is 6.31. The second-order valence-electron chi connectivity index (χ2n) is 7.45. The number of carbonyl (C=O) groups is 2. The van der Waals surface area contributed by atoms with Gasteiger partial charge in [0.05, 0.1) is 17.8 Å². The van der Waals surface area contributed by atoms with Crippen LogP contribution in [-0.4, -0.2) is 30.8 Å². The molecule has 29 heavy (non-hydrogen) atoms. The molecule has 0 radical (unpaired) electrons. The zero-order valence-electron chi connectivity index (χ0n) is 16.6. The van der Waals surface area contributed by atoms with E-state index in [1.165, 1.54) is 11.3 Å². The predicted molar refractivity (Wildman–Crippen MR) is 117 cm³/mol. The van der Waals surface area contributed by atoms with Crippen LogP contribution in [0.5, 0.6) is 0 Å². The molecule has 1 N–H and O–H groups in total. The van der Waals surface area contributed by atoms with E-state index in [1.807, 2.05) is 6.07 Å². The Balaban J connectivity index is 1.80. The number of carbonyl (C=O) groups excluding carboxylic acids is 2. The lowest BCUT2D eigenvalue weighted by molar-refractivity contribution is -0.117. The minimum atomic E-state index is -0.419. The van der Waals surface area contributed by atoms with Crippen molar-refractivity contribution in [3.63, 3.8) is 0 Å². The van der Waals surface area contributed by atoms with Gasteiger partial charge in [0.15, 0.2) is 5.78 Å². The van der Waals surface area contributed by atoms with Gasteiger partial charge in [-0.25, -0.2) is 0 Å². The zero-order valence-corrected chi connectivity index (χ0v) is 17.3. The summed E-state index contributed by atoms with van der Waals surface area (Å²) in [5, 5.41) is 3.73. The third-order valence-corrected chi connectivity index (χ3v) is 5.77. The zero-order chi connectivity index (χ0) is 20.9. The first kappa shape index (κ1) is 21.1. The van der Waals surface area contributed by atoms with Crippen LogP contribution in [0.4, 0.5) is 5.69 Å². The van der Waals surface area contributed by atoms with Gasteiger partial charge in [0.2, 0.25) is 5.91 Å². The van der Waals surface area contributed by atoms with Crippen LogP contribution >= 0.6 is 11.6 Å². The van der Waals surface area contributed by atoms with Crippen molar-refractivity contribution >= 4 is 29.0 Å². The Morgan fingerprint density at radius 3 is 2.48 bits per heavy atom. The lowest BCUT2D eigenvalue weighted by Crippen LogP contribution is -2.50. The monoisotopic (exact) mass is 408 g/mol. The summed E-state index contributed by atoms with van der Waals surface area (Å²) in [5.41, 5.74) is 1.04. The quantitative estimate of drug-likeness (QED) is 0.567. The number of terminal acetylenes is 1. The Morgan fingerprint density at radius 1 is 1.14 bits per heavy atom. The van der Waals surface area contributed by atoms with Crippen molar-refractivity contribution in [3.05, 3.63) is 64.7 Å². The lowest BCUT2D eigenvalue weighted by Gasteiger charge is -2.34. The van der Waals surface area contributed by atoms with Crippen molar-refractivity contribution in [2.24, 2.45) is 0 Å². The number of nitrogens with zero attached hydrogens (tertiary/aromatic N) is 1. The van der Waals surface area contributed by atoms with E-state index in [1.54, 1.807) is 49.5 Å². The largest absolute Gasteiger partial charge is 0.314 e. The number of amides is 1. The number of rotatable bonds is 6. The van der Waals surface area contributed by atoms with E-state index < -0.39 is 5.54 Å². The van der Waals surface area contributed by atoms with Gasteiger partial charge in [-0.3, -0.25) is 14.9 Å². The molecule has 1 amide bonds. The molecule has 0 heterocycles. The standard InChI is InChI=1S/C24H25ClN2O2/c1-3-24(14-8-5-9-15-24)26-17-22(28)27(2)21-13-12-19(25)16-20(21)23(29)18-10-6-4-7-11-18/h1,4,6-7,10-13,16,26H,5,8-9,14-15,17H2,2H3. The van der Waals surface area contributed by atoms with E-state index in [2.05, 4.69) is 11.2 Å². The molecule has 4 nitrogen and oxygen atoms in total. The highest BCUT2D eigenvalue weighted by Gasteiger charge is 2.30. The molecule has 2 aromatic carbocycles. The summed E-state index contributed by atoms with van der Waals surface area (Å²) < 4.78 is 0. The summed E-state index contributed by atoms with van der Waals surface area (Å²) in [5.74, 6) is 2.52. The fraction of sp³-hybridized carbons (Fsp3) is 0.333. The Bertz CT molecular complexity index is 928. The molecule has 1 aliphatic rings. The van der Waals surface area contributed by atoms with Crippen LogP contribution < -0.4 is 10.2 Å². The average Bonchev–Trinajstić information content (AvgIpc) is 2.77. The van der Waals surface area contributed by atoms with Crippen LogP contribution in [0.3, 0.4) is 0 Å². The smallest absolute Gasteiger partial charge is 0.240 e. The third kappa shape index (κ3) is 4.87. The van der Waals surface area contributed by atoms with E-state index in [0.29, 0.717) is 21.8 Å². The van der Waals surface area contributed by atoms with Crippen LogP contribution in [0.1, 0.15) is 48.0 Å². The number of halogens is 1. The summed E-state index contributed by atoms with van der Waals surface area (Å²) in [4.78, 5) is 27.4. The van der Waals surface area contributed by atoms with Gasteiger partial charge < -0.3 is 4.90 Å². The van der Waals surface area contributed by atoms with Crippen LogP contribution in [-0.2, 0) is 4.79 Å². The van der Waals surface area contributed by atoms with Crippen molar-refractivity contribution in [3.8, 4) is 12.3 Å². The van der Waals surface area contributed by atoms with Gasteiger partial charge in [0.1, 0.15) is 0 Å². The topological polar surface area (TPSA) is 49.4 Å². The molecule has 2 aromatic rings. The molecule has 0 saturated heterocycles. The maximum Gasteiger partial charge on any atom is 0.240 e. The molecule has 150 valence electrons. The van der Waals surface area contributed by atoms with Gasteiger partial charge in [-0.2, -0.15) is 0 Å². The van der Waals surface area contributed by atoms with Crippen molar-refractivity contribution < 1.29 is 9.59 Å². The number of ketones is 1. The molecule has 0 unspecified atom stereocenters. The summed E-state index contributed by atoms with van der Waals surface area (Å²) in [6, 6.07) is 13.9. The number of hydrogen-bond donors (Lipinski definition) is 1. The number of nitrogens with one attached hydrogen (secondary N) is 1. The van der Waals surface area contributed by atoms with Crippen molar-refractivity contribution in [2.45, 2.75) is 37.6 Å². The summed E-state index contributed by atoms with van der Waals surface area (Å²) in [6.07, 6.45) is 10.8. The van der Waals surface area contributed by atoms with E-state index in [4.69, 9.17) is 18.0 Å². The molecular formula is C24H25ClN2O2. The second-order valence-corrected chi connectivity index (χ2v) is 7.89. The number of anilines is 1. The van der Waals surface area contributed by atoms with E-state index in [-0.39, 0.29) is 18.2 Å². The molecular weight excluding hydrogens is 384 g/mol. The minimum Gasteiger partial charge on any atom is -0.314 e. The Morgan fingerprint density at radius 2 is 1.83 bits per heavy atom. The molecule has 0 atom stereocenters. The van der Waals surface area contributed by atoms with Crippen LogP contribution in [0, 0.1) is 12.3 Å². The van der Waals surface area contributed by atoms with Gasteiger partial charge in [0, 0.05) is 23.2 Å². The molecule has 1 aliphatic carbocycles. The first-order valence-electron chi connectivity index (χ1n) is 9.84. The average molecular weight is 409 g/mol. The molecule has 5 heteroatoms. The fourth-order valence-electron chi connectivity index (χ4n) is 3.75. The molecule has 0 aliphatic heterocycles. The molecule has 3 rings (SSSR count). The maximum absolute atomic E-state index is 13.0. The molecule has 0 spiro atoms. The van der Waals surface area contributed by atoms with Gasteiger partial charge in [0.25, 0.3) is 0 Å². The lowest BCUT2D eigenvalue weighted by atomic mass is 9.82. The van der Waals surface area contributed by atoms with E-state index in [9.17, 15) is 9.59 Å². The number of benzene rings is 2. The van der Waals surface area contributed by atoms with Crippen LogP contribution in [0.2, 0.25) is 5.02 Å². The molecule has 0 aromatic heterocycles. The first-order chi connectivity index (χ1) is 14.0. The Kier molecular flexibility index (Phi) is 6.74. The van der Waals surface area contributed by atoms with Crippen molar-refractivity contribution in [1.82, 2.24) is 5.32 Å². The Labute approximate surface area is 177 Å². The van der Waals surface area contributed by atoms with Gasteiger partial charge in [-0.15, -0.1) is 6.42 Å². The van der Waals surface area contributed by atoms with E-state index >= 15 is 0 Å². The highest BCUT2D eigenvalue weighted by atomic mass is 35.5. The minimum absolute atomic E-state index is 0.113. The number of likely N-dealkylation sites (N-methyl/N-ethyl adjacent to an activating group) is 1. The van der Waals surface area contributed by atoms with Crippen molar-refractivity contribution in [1.29, 1.82) is 0 Å². The highest BCUT2D eigenvalue weighted by Crippen LogP contribution is 2.28. The maximum atomic E-state index is 13.0. The molecule has 0 bridgehead atoms. The first-order valence-corrected chi connectivity index (χ1v) is 10.2. The van der Waals surface area contributed by atoms with Gasteiger partial charge in [-0.1, -0.05) is 67.1 Å². The van der Waals surface area contributed by atoms with Gasteiger partial charge in [-0.05, 0) is 31.0 Å². The summed E-state index contributed by atoms with van der Waals surface area (Å²) >= 11 is 6.14. The van der Waals surface area contributed by atoms with E-state index in [0.717, 1.165) is 25.7 Å². The van der Waals surface area contributed by atoms with Gasteiger partial charge >= 0.3 is 0 Å². The molecule has 1 saturated carbocycles. The van der Waals surface area contributed by atoms with Crippen molar-refractivity contribution in [2.75, 3.05) is 18.5 Å².